The van der Waals surface area contributed by atoms with Gasteiger partial charge in [0.25, 0.3) is 0 Å². The van der Waals surface area contributed by atoms with Gasteiger partial charge in [-0.1, -0.05) is 59.6 Å². The van der Waals surface area contributed by atoms with Gasteiger partial charge in [0.15, 0.2) is 0 Å². The molecule has 0 fully saturated rings. The Morgan fingerprint density at radius 2 is 1.41 bits per heavy atom. The van der Waals surface area contributed by atoms with Gasteiger partial charge in [0.2, 0.25) is 0 Å². The molecule has 128 valence electrons. The molecule has 0 aliphatic heterocycles. The van der Waals surface area contributed by atoms with Crippen molar-refractivity contribution in [2.45, 2.75) is 59.3 Å². The molecule has 0 heterocycles. The van der Waals surface area contributed by atoms with Crippen LogP contribution >= 0.6 is 0 Å². The molecule has 0 N–H and O–H groups in total. The summed E-state index contributed by atoms with van der Waals surface area (Å²) >= 11 is 0. The van der Waals surface area contributed by atoms with Gasteiger partial charge in [0.1, 0.15) is 0 Å². The topological polar surface area (TPSA) is 52.6 Å². The van der Waals surface area contributed by atoms with Crippen LogP contribution in [0.2, 0.25) is 0 Å². The van der Waals surface area contributed by atoms with Gasteiger partial charge >= 0.3 is 11.9 Å². The summed E-state index contributed by atoms with van der Waals surface area (Å²) < 4.78 is 9.52. The maximum atomic E-state index is 10.6. The summed E-state index contributed by atoms with van der Waals surface area (Å²) in [6, 6.07) is 0. The second-order valence-corrected chi connectivity index (χ2v) is 5.34. The molecular weight excluding hydrogens is 280 g/mol. The van der Waals surface area contributed by atoms with Crippen molar-refractivity contribution < 1.29 is 19.1 Å². The first-order valence-electron chi connectivity index (χ1n) is 8.06. The quantitative estimate of drug-likeness (QED) is 0.321. The molecule has 0 bridgehead atoms. The number of carbonyl (C=O) groups is 2. The van der Waals surface area contributed by atoms with E-state index < -0.39 is 0 Å². The van der Waals surface area contributed by atoms with Crippen molar-refractivity contribution in [3.63, 3.8) is 0 Å². The van der Waals surface area contributed by atoms with E-state index >= 15 is 0 Å². The Morgan fingerprint density at radius 1 is 0.909 bits per heavy atom. The van der Waals surface area contributed by atoms with E-state index in [2.05, 4.69) is 31.7 Å². The van der Waals surface area contributed by atoms with Gasteiger partial charge in [0, 0.05) is 12.2 Å². The summed E-state index contributed by atoms with van der Waals surface area (Å²) in [4.78, 5) is 21.0. The highest BCUT2D eigenvalue weighted by atomic mass is 16.5. The van der Waals surface area contributed by atoms with Crippen LogP contribution in [0.15, 0.2) is 25.3 Å². The van der Waals surface area contributed by atoms with Gasteiger partial charge in [-0.3, -0.25) is 0 Å². The minimum atomic E-state index is -0.330. The number of rotatable bonds is 11. The lowest BCUT2D eigenvalue weighted by molar-refractivity contribution is -0.138. The van der Waals surface area contributed by atoms with E-state index in [9.17, 15) is 9.59 Å². The van der Waals surface area contributed by atoms with Crippen LogP contribution in [0.3, 0.4) is 0 Å². The fourth-order valence-electron chi connectivity index (χ4n) is 1.44. The molecular formula is C18H32O4. The third-order valence-electron chi connectivity index (χ3n) is 2.75. The van der Waals surface area contributed by atoms with Gasteiger partial charge in [-0.2, -0.15) is 0 Å². The maximum absolute atomic E-state index is 10.6. The third kappa shape index (κ3) is 20.7. The Kier molecular flexibility index (Phi) is 18.0. The molecule has 0 radical (unpaired) electrons. The number of esters is 2. The molecule has 0 aromatic carbocycles. The van der Waals surface area contributed by atoms with Crippen LogP contribution in [0.5, 0.6) is 0 Å². The van der Waals surface area contributed by atoms with Crippen LogP contribution in [0.1, 0.15) is 59.3 Å². The first-order valence-corrected chi connectivity index (χ1v) is 8.06. The molecule has 0 aliphatic rings. The van der Waals surface area contributed by atoms with Crippen molar-refractivity contribution in [3.05, 3.63) is 25.3 Å². The lowest BCUT2D eigenvalue weighted by Crippen LogP contribution is -2.01. The molecule has 0 unspecified atom stereocenters. The van der Waals surface area contributed by atoms with Gasteiger partial charge in [0.05, 0.1) is 13.2 Å². The highest BCUT2D eigenvalue weighted by Gasteiger charge is 1.96. The molecule has 4 heteroatoms. The van der Waals surface area contributed by atoms with Crippen molar-refractivity contribution in [3.8, 4) is 0 Å². The first-order chi connectivity index (χ1) is 10.5. The second-order valence-electron chi connectivity index (χ2n) is 5.34. The number of ether oxygens (including phenoxy) is 2. The van der Waals surface area contributed by atoms with Gasteiger partial charge in [-0.25, -0.2) is 9.59 Å². The second kappa shape index (κ2) is 17.5. The van der Waals surface area contributed by atoms with Crippen molar-refractivity contribution in [1.29, 1.82) is 0 Å². The third-order valence-corrected chi connectivity index (χ3v) is 2.75. The zero-order valence-electron chi connectivity index (χ0n) is 14.4. The Balaban J connectivity index is 0. The predicted octanol–water partition coefficient (Wildman–Crippen LogP) is 4.45. The van der Waals surface area contributed by atoms with Crippen LogP contribution < -0.4 is 0 Å². The van der Waals surface area contributed by atoms with Gasteiger partial charge in [-0.05, 0) is 18.8 Å². The highest BCUT2D eigenvalue weighted by molar-refractivity contribution is 5.81. The predicted molar refractivity (Wildman–Crippen MR) is 90.5 cm³/mol. The monoisotopic (exact) mass is 312 g/mol. The number of hydrogen-bond acceptors (Lipinski definition) is 4. The average molecular weight is 312 g/mol. The van der Waals surface area contributed by atoms with Crippen molar-refractivity contribution in [1.82, 2.24) is 0 Å². The van der Waals surface area contributed by atoms with E-state index in [0.717, 1.165) is 31.6 Å². The summed E-state index contributed by atoms with van der Waals surface area (Å²) in [5.74, 6) is 0.128. The Bertz CT molecular complexity index is 308. The number of carbonyl (C=O) groups excluding carboxylic acids is 2. The van der Waals surface area contributed by atoms with Crippen LogP contribution in [0.4, 0.5) is 0 Å². The maximum Gasteiger partial charge on any atom is 0.330 e. The number of unbranched alkanes of at least 4 members (excludes halogenated alkanes) is 3. The summed E-state index contributed by atoms with van der Waals surface area (Å²) in [5.41, 5.74) is 0. The smallest absolute Gasteiger partial charge is 0.330 e. The summed E-state index contributed by atoms with van der Waals surface area (Å²) in [6.07, 6.45) is 8.95. The molecule has 0 rings (SSSR count). The van der Waals surface area contributed by atoms with Crippen LogP contribution in [0, 0.1) is 5.92 Å². The molecule has 0 aromatic rings. The SMILES string of the molecule is C=CC(=O)OCCCC.C=CC(=O)OCCCCCC(C)C. The van der Waals surface area contributed by atoms with Crippen molar-refractivity contribution >= 4 is 11.9 Å². The van der Waals surface area contributed by atoms with Crippen LogP contribution in [0.25, 0.3) is 0 Å². The van der Waals surface area contributed by atoms with E-state index in [1.165, 1.54) is 25.0 Å². The van der Waals surface area contributed by atoms with Gasteiger partial charge in [-0.15, -0.1) is 0 Å². The molecule has 0 aliphatic carbocycles. The summed E-state index contributed by atoms with van der Waals surface area (Å²) in [7, 11) is 0. The molecule has 0 saturated heterocycles. The van der Waals surface area contributed by atoms with E-state index in [1.807, 2.05) is 6.92 Å². The Hall–Kier alpha value is -1.58. The minimum Gasteiger partial charge on any atom is -0.463 e. The number of hydrogen-bond donors (Lipinski definition) is 0. The average Bonchev–Trinajstić information content (AvgIpc) is 2.50. The van der Waals surface area contributed by atoms with E-state index in [1.54, 1.807) is 0 Å². The first kappa shape index (κ1) is 22.7. The van der Waals surface area contributed by atoms with Crippen LogP contribution in [-0.2, 0) is 19.1 Å². The molecule has 0 saturated carbocycles. The standard InChI is InChI=1S/C11H20O2.C7H12O2/c1-4-11(12)13-9-7-5-6-8-10(2)3;1-3-5-6-9-7(8)4-2/h4,10H,1,5-9H2,2-3H3;4H,2-3,5-6H2,1H3. The van der Waals surface area contributed by atoms with Gasteiger partial charge < -0.3 is 9.47 Å². The normalized spacial score (nSPS) is 9.45. The molecule has 4 nitrogen and oxygen atoms in total. The fraction of sp³-hybridized carbons (Fsp3) is 0.667. The molecule has 0 aromatic heterocycles. The Labute approximate surface area is 135 Å². The molecule has 22 heavy (non-hydrogen) atoms. The summed E-state index contributed by atoms with van der Waals surface area (Å²) in [5, 5.41) is 0. The Morgan fingerprint density at radius 3 is 1.82 bits per heavy atom. The zero-order valence-corrected chi connectivity index (χ0v) is 14.4. The summed E-state index contributed by atoms with van der Waals surface area (Å²) in [6.45, 7) is 14.1. The molecule has 0 amide bonds. The molecule has 0 spiro atoms. The largest absolute Gasteiger partial charge is 0.463 e. The van der Waals surface area contributed by atoms with Crippen molar-refractivity contribution in [2.75, 3.05) is 13.2 Å². The highest BCUT2D eigenvalue weighted by Crippen LogP contribution is 2.07. The minimum absolute atomic E-state index is 0.316. The zero-order chi connectivity index (χ0) is 17.2. The lowest BCUT2D eigenvalue weighted by Gasteiger charge is -2.04. The van der Waals surface area contributed by atoms with Crippen LogP contribution in [-0.4, -0.2) is 25.2 Å². The lowest BCUT2D eigenvalue weighted by atomic mass is 10.1. The van der Waals surface area contributed by atoms with E-state index in [-0.39, 0.29) is 11.9 Å². The fourth-order valence-corrected chi connectivity index (χ4v) is 1.44. The van der Waals surface area contributed by atoms with Crippen molar-refractivity contribution in [2.24, 2.45) is 5.92 Å². The van der Waals surface area contributed by atoms with E-state index in [0.29, 0.717) is 13.2 Å². The van der Waals surface area contributed by atoms with E-state index in [4.69, 9.17) is 4.74 Å². The molecule has 0 atom stereocenters.